The van der Waals surface area contributed by atoms with Crippen molar-refractivity contribution in [2.75, 3.05) is 19.6 Å². The Hall–Kier alpha value is -3.65. The first-order chi connectivity index (χ1) is 19.3. The molecule has 2 aliphatic rings. The van der Waals surface area contributed by atoms with E-state index in [0.29, 0.717) is 12.0 Å². The summed E-state index contributed by atoms with van der Waals surface area (Å²) in [6.45, 7) is 1.11. The van der Waals surface area contributed by atoms with E-state index in [-0.39, 0.29) is 25.0 Å². The molecule has 0 spiro atoms. The molecule has 5 nitrogen and oxygen atoms in total. The summed E-state index contributed by atoms with van der Waals surface area (Å²) >= 11 is 0. The number of benzene rings is 3. The molecule has 1 fully saturated rings. The van der Waals surface area contributed by atoms with Crippen LogP contribution >= 0.6 is 0 Å². The molecule has 3 aromatic carbocycles. The van der Waals surface area contributed by atoms with Gasteiger partial charge in [-0.25, -0.2) is 5.01 Å². The monoisotopic (exact) mass is 549 g/mol. The number of hydrogen-bond acceptors (Lipinski definition) is 3. The predicted octanol–water partition coefficient (Wildman–Crippen LogP) is 6.34. The number of halogens is 3. The third-order valence-corrected chi connectivity index (χ3v) is 7.81. The number of amides is 2. The summed E-state index contributed by atoms with van der Waals surface area (Å²) in [4.78, 5) is 26.9. The van der Waals surface area contributed by atoms with Crippen LogP contribution in [-0.2, 0) is 11.2 Å². The van der Waals surface area contributed by atoms with Crippen LogP contribution in [-0.4, -0.2) is 53.7 Å². The van der Waals surface area contributed by atoms with Crippen molar-refractivity contribution in [3.63, 3.8) is 0 Å². The van der Waals surface area contributed by atoms with E-state index in [4.69, 9.17) is 0 Å². The minimum absolute atomic E-state index is 0.125. The van der Waals surface area contributed by atoms with Gasteiger partial charge in [0.25, 0.3) is 5.91 Å². The molecule has 1 N–H and O–H groups in total. The minimum atomic E-state index is -4.58. The first-order valence-electron chi connectivity index (χ1n) is 14.0. The Morgan fingerprint density at radius 2 is 1.68 bits per heavy atom. The number of unbranched alkanes of at least 4 members (excludes halogenated alkanes) is 2. The van der Waals surface area contributed by atoms with Crippen LogP contribution < -0.4 is 5.32 Å². The van der Waals surface area contributed by atoms with E-state index in [0.717, 1.165) is 58.5 Å². The lowest BCUT2D eigenvalue weighted by Gasteiger charge is -2.35. The Kier molecular flexibility index (Phi) is 8.26. The van der Waals surface area contributed by atoms with Crippen LogP contribution in [0, 0.1) is 0 Å². The summed E-state index contributed by atoms with van der Waals surface area (Å²) in [5, 5.41) is 5.27. The Morgan fingerprint density at radius 3 is 2.42 bits per heavy atom. The third kappa shape index (κ3) is 5.92. The van der Waals surface area contributed by atoms with Crippen LogP contribution in [0.2, 0.25) is 0 Å². The zero-order chi connectivity index (χ0) is 28.3. The van der Waals surface area contributed by atoms with Gasteiger partial charge in [0.15, 0.2) is 0 Å². The average molecular weight is 550 g/mol. The van der Waals surface area contributed by atoms with E-state index in [1.54, 1.807) is 24.3 Å². The molecular formula is C32H34F3N3O2. The summed E-state index contributed by atoms with van der Waals surface area (Å²) in [7, 11) is 0. The van der Waals surface area contributed by atoms with Crippen LogP contribution in [0.3, 0.4) is 0 Å². The van der Waals surface area contributed by atoms with E-state index >= 15 is 0 Å². The molecular weight excluding hydrogens is 515 g/mol. The van der Waals surface area contributed by atoms with Crippen molar-refractivity contribution in [1.82, 2.24) is 15.3 Å². The Bertz CT molecular complexity index is 1360. The fourth-order valence-electron chi connectivity index (χ4n) is 5.95. The molecule has 210 valence electrons. The number of nitrogens with zero attached hydrogens (tertiary/aromatic N) is 2. The Balaban J connectivity index is 1.44. The molecule has 2 amide bonds. The smallest absolute Gasteiger partial charge is 0.348 e. The van der Waals surface area contributed by atoms with Gasteiger partial charge in [-0.1, -0.05) is 80.4 Å². The van der Waals surface area contributed by atoms with Gasteiger partial charge in [-0.15, -0.1) is 0 Å². The number of rotatable bonds is 9. The lowest BCUT2D eigenvalue weighted by atomic mass is 9.89. The Morgan fingerprint density at radius 1 is 0.950 bits per heavy atom. The number of carbonyl (C=O) groups excluding carboxylic acids is 2. The van der Waals surface area contributed by atoms with Crippen molar-refractivity contribution >= 4 is 11.8 Å². The highest BCUT2D eigenvalue weighted by Gasteiger charge is 2.44. The van der Waals surface area contributed by atoms with E-state index in [1.807, 2.05) is 48.5 Å². The van der Waals surface area contributed by atoms with E-state index in [9.17, 15) is 22.8 Å². The maximum atomic E-state index is 14.3. The van der Waals surface area contributed by atoms with Crippen molar-refractivity contribution in [2.45, 2.75) is 57.2 Å². The molecule has 1 heterocycles. The van der Waals surface area contributed by atoms with Gasteiger partial charge in [0.05, 0.1) is 5.92 Å². The molecule has 5 rings (SSSR count). The normalized spacial score (nSPS) is 18.3. The highest BCUT2D eigenvalue weighted by molar-refractivity contribution is 5.97. The molecule has 0 bridgehead atoms. The molecule has 3 aromatic rings. The molecule has 1 aliphatic carbocycles. The zero-order valence-corrected chi connectivity index (χ0v) is 22.6. The maximum Gasteiger partial charge on any atom is 0.407 e. The average Bonchev–Trinajstić information content (AvgIpc) is 3.54. The quantitative estimate of drug-likeness (QED) is 0.317. The van der Waals surface area contributed by atoms with Crippen LogP contribution in [0.5, 0.6) is 0 Å². The SMILES string of the molecule is CCCCCc1cccc2c1C(C(=O)N(CC(F)(F)F)N1CCC(NC(=O)c3ccccc3)C1)c1ccccc1-2. The van der Waals surface area contributed by atoms with E-state index < -0.39 is 24.5 Å². The lowest BCUT2D eigenvalue weighted by Crippen LogP contribution is -2.52. The second kappa shape index (κ2) is 11.8. The highest BCUT2D eigenvalue weighted by atomic mass is 19.4. The van der Waals surface area contributed by atoms with Gasteiger partial charge in [-0.2, -0.15) is 13.2 Å². The van der Waals surface area contributed by atoms with Crippen LogP contribution in [0.15, 0.2) is 72.8 Å². The molecule has 40 heavy (non-hydrogen) atoms. The number of alkyl halides is 3. The number of fused-ring (bicyclic) bond motifs is 3. The second-order valence-electron chi connectivity index (χ2n) is 10.6. The molecule has 2 unspecified atom stereocenters. The number of aryl methyl sites for hydroxylation is 1. The summed E-state index contributed by atoms with van der Waals surface area (Å²) in [6.07, 6.45) is -0.326. The van der Waals surface area contributed by atoms with Gasteiger partial charge in [-0.05, 0) is 59.2 Å². The topological polar surface area (TPSA) is 52.7 Å². The summed E-state index contributed by atoms with van der Waals surface area (Å²) in [6, 6.07) is 21.8. The molecule has 2 atom stereocenters. The van der Waals surface area contributed by atoms with Gasteiger partial charge in [0.2, 0.25) is 5.91 Å². The van der Waals surface area contributed by atoms with Gasteiger partial charge in [-0.3, -0.25) is 14.6 Å². The summed E-state index contributed by atoms with van der Waals surface area (Å²) < 4.78 is 41.8. The van der Waals surface area contributed by atoms with Gasteiger partial charge in [0, 0.05) is 24.7 Å². The molecule has 1 saturated heterocycles. The van der Waals surface area contributed by atoms with Crippen molar-refractivity contribution in [3.8, 4) is 11.1 Å². The second-order valence-corrected chi connectivity index (χ2v) is 10.6. The standard InChI is InChI=1S/C32H34F3N3O2/c1-2-3-5-11-22-14-10-17-26-25-15-8-9-16-27(25)29(28(22)26)31(40)38(21-32(33,34)35)37-19-18-24(20-37)36-30(39)23-12-6-4-7-13-23/h4,6-10,12-17,24,29H,2-3,5,11,18-21H2,1H3,(H,36,39). The lowest BCUT2D eigenvalue weighted by molar-refractivity contribution is -0.189. The summed E-state index contributed by atoms with van der Waals surface area (Å²) in [5.41, 5.74) is 4.88. The first kappa shape index (κ1) is 27.9. The zero-order valence-electron chi connectivity index (χ0n) is 22.6. The molecule has 0 aromatic heterocycles. The van der Waals surface area contributed by atoms with E-state index in [1.165, 1.54) is 5.01 Å². The molecule has 1 aliphatic heterocycles. The number of nitrogens with one attached hydrogen (secondary N) is 1. The van der Waals surface area contributed by atoms with Crippen LogP contribution in [0.1, 0.15) is 65.6 Å². The molecule has 0 radical (unpaired) electrons. The van der Waals surface area contributed by atoms with Gasteiger partial charge >= 0.3 is 6.18 Å². The molecule has 0 saturated carbocycles. The number of carbonyl (C=O) groups is 2. The highest BCUT2D eigenvalue weighted by Crippen LogP contribution is 2.47. The number of hydrogen-bond donors (Lipinski definition) is 1. The molecule has 8 heteroatoms. The van der Waals surface area contributed by atoms with Crippen molar-refractivity contribution in [1.29, 1.82) is 0 Å². The fraction of sp³-hybridized carbons (Fsp3) is 0.375. The van der Waals surface area contributed by atoms with Crippen molar-refractivity contribution < 1.29 is 22.8 Å². The van der Waals surface area contributed by atoms with Gasteiger partial charge < -0.3 is 5.32 Å². The maximum absolute atomic E-state index is 14.3. The first-order valence-corrected chi connectivity index (χ1v) is 14.0. The largest absolute Gasteiger partial charge is 0.407 e. The Labute approximate surface area is 233 Å². The van der Waals surface area contributed by atoms with Gasteiger partial charge in [0.1, 0.15) is 6.54 Å². The predicted molar refractivity (Wildman–Crippen MR) is 149 cm³/mol. The summed E-state index contributed by atoms with van der Waals surface area (Å²) in [5.74, 6) is -1.68. The number of hydrazine groups is 1. The van der Waals surface area contributed by atoms with Crippen LogP contribution in [0.25, 0.3) is 11.1 Å². The fourth-order valence-corrected chi connectivity index (χ4v) is 5.95. The van der Waals surface area contributed by atoms with Crippen molar-refractivity contribution in [3.05, 3.63) is 95.1 Å². The van der Waals surface area contributed by atoms with Crippen LogP contribution in [0.4, 0.5) is 13.2 Å². The van der Waals surface area contributed by atoms with Crippen molar-refractivity contribution in [2.24, 2.45) is 0 Å². The van der Waals surface area contributed by atoms with E-state index in [2.05, 4.69) is 12.2 Å². The third-order valence-electron chi connectivity index (χ3n) is 7.81. The minimum Gasteiger partial charge on any atom is -0.348 e.